The molecule has 0 saturated carbocycles. The molecule has 2 N–H and O–H groups in total. The summed E-state index contributed by atoms with van der Waals surface area (Å²) >= 11 is 0. The van der Waals surface area contributed by atoms with E-state index < -0.39 is 35.4 Å². The summed E-state index contributed by atoms with van der Waals surface area (Å²) in [5, 5.41) is 22.1. The van der Waals surface area contributed by atoms with Crippen molar-refractivity contribution in [2.24, 2.45) is 0 Å². The summed E-state index contributed by atoms with van der Waals surface area (Å²) in [5.41, 5.74) is 3.11. The van der Waals surface area contributed by atoms with E-state index in [1.165, 1.54) is 0 Å². The molecule has 37 heavy (non-hydrogen) atoms. The topological polar surface area (TPSA) is 123 Å². The SMILES string of the molecule is Fc1cc(-c2nnc(C(F)F)o2)c(F)cc1Cn1nnc(-c2cccc(-c3nc4c([nH]3)CCNC4)c2)n1. The van der Waals surface area contributed by atoms with Gasteiger partial charge in [-0.2, -0.15) is 13.6 Å². The van der Waals surface area contributed by atoms with E-state index in [2.05, 4.69) is 40.9 Å². The van der Waals surface area contributed by atoms with Gasteiger partial charge in [-0.1, -0.05) is 18.2 Å². The van der Waals surface area contributed by atoms with Crippen molar-refractivity contribution < 1.29 is 22.0 Å². The van der Waals surface area contributed by atoms with E-state index in [0.29, 0.717) is 17.9 Å². The Kier molecular flexibility index (Phi) is 5.71. The van der Waals surface area contributed by atoms with Crippen LogP contribution >= 0.6 is 0 Å². The minimum atomic E-state index is -3.02. The zero-order valence-corrected chi connectivity index (χ0v) is 18.9. The summed E-state index contributed by atoms with van der Waals surface area (Å²) in [6.07, 6.45) is -2.15. The molecule has 5 aromatic rings. The molecular weight excluding hydrogens is 494 g/mol. The van der Waals surface area contributed by atoms with E-state index in [1.807, 2.05) is 24.3 Å². The van der Waals surface area contributed by atoms with Gasteiger partial charge in [0.15, 0.2) is 0 Å². The van der Waals surface area contributed by atoms with Crippen LogP contribution in [0.2, 0.25) is 0 Å². The summed E-state index contributed by atoms with van der Waals surface area (Å²) in [4.78, 5) is 9.15. The van der Waals surface area contributed by atoms with E-state index in [-0.39, 0.29) is 12.1 Å². The lowest BCUT2D eigenvalue weighted by molar-refractivity contribution is 0.116. The summed E-state index contributed by atoms with van der Waals surface area (Å²) in [5.74, 6) is -2.25. The summed E-state index contributed by atoms with van der Waals surface area (Å²) in [6, 6.07) is 9.13. The number of benzene rings is 2. The Morgan fingerprint density at radius 3 is 2.70 bits per heavy atom. The van der Waals surface area contributed by atoms with Gasteiger partial charge in [-0.15, -0.1) is 20.4 Å². The molecule has 3 aromatic heterocycles. The molecule has 1 aliphatic rings. The Hall–Kier alpha value is -4.46. The van der Waals surface area contributed by atoms with Crippen molar-refractivity contribution in [1.29, 1.82) is 0 Å². The lowest BCUT2D eigenvalue weighted by atomic mass is 10.1. The van der Waals surface area contributed by atoms with Crippen molar-refractivity contribution in [2.45, 2.75) is 25.9 Å². The first-order valence-electron chi connectivity index (χ1n) is 11.2. The first kappa shape index (κ1) is 23.0. The Morgan fingerprint density at radius 2 is 1.89 bits per heavy atom. The van der Waals surface area contributed by atoms with Crippen molar-refractivity contribution >= 4 is 0 Å². The van der Waals surface area contributed by atoms with Gasteiger partial charge in [-0.25, -0.2) is 13.8 Å². The number of rotatable bonds is 6. The van der Waals surface area contributed by atoms with E-state index in [9.17, 15) is 17.6 Å². The van der Waals surface area contributed by atoms with Gasteiger partial charge in [0.25, 0.3) is 11.8 Å². The molecule has 14 heteroatoms. The van der Waals surface area contributed by atoms with Crippen LogP contribution < -0.4 is 5.32 Å². The van der Waals surface area contributed by atoms with Crippen LogP contribution in [0, 0.1) is 11.6 Å². The van der Waals surface area contributed by atoms with E-state index >= 15 is 0 Å². The first-order chi connectivity index (χ1) is 17.9. The van der Waals surface area contributed by atoms with Gasteiger partial charge in [-0.05, 0) is 23.4 Å². The minimum Gasteiger partial charge on any atom is -0.415 e. The first-order valence-corrected chi connectivity index (χ1v) is 11.2. The largest absolute Gasteiger partial charge is 0.415 e. The van der Waals surface area contributed by atoms with Crippen LogP contribution in [0.15, 0.2) is 40.8 Å². The fourth-order valence-corrected chi connectivity index (χ4v) is 4.04. The standard InChI is InChI=1S/C23H17F4N9O/c24-15-8-14(22-32-33-23(37-22)19(26)27)16(25)7-13(15)10-36-34-21(31-35-36)12-3-1-2-11(6-12)20-29-17-4-5-28-9-18(17)30-20/h1-3,6-8,19,28H,4-5,9-10H2,(H,29,30). The van der Waals surface area contributed by atoms with Gasteiger partial charge in [0.1, 0.15) is 17.5 Å². The van der Waals surface area contributed by atoms with E-state index in [4.69, 9.17) is 4.42 Å². The summed E-state index contributed by atoms with van der Waals surface area (Å²) < 4.78 is 59.4. The molecular formula is C23H17F4N9O. The number of fused-ring (bicyclic) bond motifs is 1. The number of alkyl halides is 2. The lowest BCUT2D eigenvalue weighted by Gasteiger charge is -2.09. The van der Waals surface area contributed by atoms with Crippen molar-refractivity contribution in [3.8, 4) is 34.2 Å². The predicted molar refractivity (Wildman–Crippen MR) is 120 cm³/mol. The highest BCUT2D eigenvalue weighted by atomic mass is 19.3. The normalized spacial score (nSPS) is 13.3. The molecule has 0 fully saturated rings. The second-order valence-electron chi connectivity index (χ2n) is 8.33. The average Bonchev–Trinajstić information content (AvgIpc) is 3.66. The third-order valence-electron chi connectivity index (χ3n) is 5.86. The Balaban J connectivity index is 1.23. The lowest BCUT2D eigenvalue weighted by Crippen LogP contribution is -2.23. The number of halogens is 4. The Labute approximate surface area is 205 Å². The number of aromatic nitrogens is 8. The molecule has 2 aromatic carbocycles. The molecule has 0 saturated heterocycles. The molecule has 0 unspecified atom stereocenters. The quantitative estimate of drug-likeness (QED) is 0.331. The third kappa shape index (κ3) is 4.46. The summed E-state index contributed by atoms with van der Waals surface area (Å²) in [6.45, 7) is 1.39. The number of hydrogen-bond acceptors (Lipinski definition) is 8. The third-order valence-corrected chi connectivity index (χ3v) is 5.86. The maximum Gasteiger partial charge on any atom is 0.314 e. The zero-order chi connectivity index (χ0) is 25.5. The number of nitrogens with one attached hydrogen (secondary N) is 2. The highest BCUT2D eigenvalue weighted by molar-refractivity contribution is 5.66. The van der Waals surface area contributed by atoms with Crippen molar-refractivity contribution in [3.63, 3.8) is 0 Å². The number of tetrazole rings is 1. The van der Waals surface area contributed by atoms with Crippen LogP contribution in [0.5, 0.6) is 0 Å². The van der Waals surface area contributed by atoms with E-state index in [1.54, 1.807) is 0 Å². The highest BCUT2D eigenvalue weighted by Crippen LogP contribution is 2.28. The fraction of sp³-hybridized carbons (Fsp3) is 0.217. The molecule has 0 bridgehead atoms. The second-order valence-corrected chi connectivity index (χ2v) is 8.33. The Morgan fingerprint density at radius 1 is 1.03 bits per heavy atom. The highest BCUT2D eigenvalue weighted by Gasteiger charge is 2.21. The number of H-pyrrole nitrogens is 1. The molecule has 0 amide bonds. The zero-order valence-electron chi connectivity index (χ0n) is 18.9. The van der Waals surface area contributed by atoms with Gasteiger partial charge in [0, 0.05) is 41.9 Å². The Bertz CT molecular complexity index is 1570. The van der Waals surface area contributed by atoms with Crippen LogP contribution in [0.4, 0.5) is 17.6 Å². The molecule has 0 radical (unpaired) electrons. The van der Waals surface area contributed by atoms with Crippen LogP contribution in [0.25, 0.3) is 34.2 Å². The maximum atomic E-state index is 14.7. The molecule has 10 nitrogen and oxygen atoms in total. The predicted octanol–water partition coefficient (Wildman–Crippen LogP) is 3.69. The molecule has 188 valence electrons. The van der Waals surface area contributed by atoms with Gasteiger partial charge in [0.05, 0.1) is 17.8 Å². The average molecular weight is 511 g/mol. The van der Waals surface area contributed by atoms with Crippen LogP contribution in [-0.4, -0.2) is 46.9 Å². The number of hydrogen-bond donors (Lipinski definition) is 2. The van der Waals surface area contributed by atoms with Crippen molar-refractivity contribution in [1.82, 2.24) is 45.7 Å². The van der Waals surface area contributed by atoms with Gasteiger partial charge in [0.2, 0.25) is 5.82 Å². The monoisotopic (exact) mass is 511 g/mol. The number of nitrogens with zero attached hydrogens (tertiary/aromatic N) is 7. The fourth-order valence-electron chi connectivity index (χ4n) is 4.04. The van der Waals surface area contributed by atoms with Crippen LogP contribution in [0.1, 0.15) is 29.3 Å². The second kappa shape index (κ2) is 9.20. The van der Waals surface area contributed by atoms with Gasteiger partial charge in [-0.3, -0.25) is 0 Å². The molecule has 0 aliphatic carbocycles. The molecule has 4 heterocycles. The van der Waals surface area contributed by atoms with Gasteiger partial charge < -0.3 is 14.7 Å². The number of imidazole rings is 1. The van der Waals surface area contributed by atoms with Crippen molar-refractivity contribution in [3.05, 3.63) is 70.9 Å². The van der Waals surface area contributed by atoms with Crippen LogP contribution in [0.3, 0.4) is 0 Å². The molecule has 0 spiro atoms. The van der Waals surface area contributed by atoms with Crippen molar-refractivity contribution in [2.75, 3.05) is 6.54 Å². The smallest absolute Gasteiger partial charge is 0.314 e. The summed E-state index contributed by atoms with van der Waals surface area (Å²) in [7, 11) is 0. The molecule has 1 aliphatic heterocycles. The molecule has 6 rings (SSSR count). The number of aromatic amines is 1. The van der Waals surface area contributed by atoms with E-state index in [0.717, 1.165) is 52.7 Å². The van der Waals surface area contributed by atoms with Gasteiger partial charge >= 0.3 is 6.43 Å². The maximum absolute atomic E-state index is 14.7. The molecule has 0 atom stereocenters. The minimum absolute atomic E-state index is 0.0812. The van der Waals surface area contributed by atoms with Crippen LogP contribution in [-0.2, 0) is 19.5 Å².